The van der Waals surface area contributed by atoms with Gasteiger partial charge in [-0.15, -0.1) is 0 Å². The Morgan fingerprint density at radius 1 is 0.233 bits per heavy atom. The molecule has 0 bridgehead atoms. The molecule has 0 unspecified atom stereocenters. The van der Waals surface area contributed by atoms with Crippen molar-refractivity contribution >= 4 is 56.2 Å². The quantitative estimate of drug-likeness (QED) is 0.136. The van der Waals surface area contributed by atoms with E-state index in [-0.39, 0.29) is 0 Å². The van der Waals surface area contributed by atoms with Crippen molar-refractivity contribution in [3.63, 3.8) is 0 Å². The van der Waals surface area contributed by atoms with Gasteiger partial charge in [0.05, 0.1) is 44.8 Å². The molecule has 0 fully saturated rings. The van der Waals surface area contributed by atoms with Crippen molar-refractivity contribution in [3.05, 3.63) is 303 Å². The Balaban J connectivity index is 0.967. The second-order valence-electron chi connectivity index (χ2n) is 22.9. The van der Waals surface area contributed by atoms with Crippen molar-refractivity contribution in [2.24, 2.45) is 14.1 Å². The smallest absolute Gasteiger partial charge is 0.151 e. The van der Waals surface area contributed by atoms with Crippen LogP contribution in [0.3, 0.4) is 0 Å². The van der Waals surface area contributed by atoms with Crippen LogP contribution < -0.4 is 19.3 Å². The molecular formula is C82H56N6O2. The highest BCUT2D eigenvalue weighted by Crippen LogP contribution is 2.58. The standard InChI is InChI=1S/C82H56N6O2/c1-85-65-27-11-9-25-63(65)83-81(85)59-41-37-55(38-42-59)77-75(53-21-5-3-6-22-53)79(57-45-49-61(50-46-57)87-67-29-13-17-33-71(67)89-72-34-18-14-30-68(72)87)80(58-47-51-62(52-48-58)88-69-31-15-19-35-73(69)90-74-36-20-16-32-70(74)88)76(54-23-7-4-8-24-54)78(77)56-39-43-60(44-40-56)82-84-64-26-10-12-28-66(64)86(82)2/h3-52H,1-2H3. The minimum atomic E-state index is 0.803. The zero-order valence-electron chi connectivity index (χ0n) is 49.4. The zero-order chi connectivity index (χ0) is 59.8. The molecule has 90 heavy (non-hydrogen) atoms. The predicted octanol–water partition coefficient (Wildman–Crippen LogP) is 21.9. The highest BCUT2D eigenvalue weighted by atomic mass is 16.5. The third-order valence-corrected chi connectivity index (χ3v) is 17.8. The molecule has 0 radical (unpaired) electrons. The topological polar surface area (TPSA) is 60.6 Å². The van der Waals surface area contributed by atoms with Crippen LogP contribution in [0.1, 0.15) is 0 Å². The minimum Gasteiger partial charge on any atom is -0.453 e. The van der Waals surface area contributed by atoms with Gasteiger partial charge in [-0.3, -0.25) is 0 Å². The molecule has 13 aromatic carbocycles. The van der Waals surface area contributed by atoms with E-state index in [2.05, 4.69) is 288 Å². The van der Waals surface area contributed by atoms with E-state index >= 15 is 0 Å². The number of hydrogen-bond acceptors (Lipinski definition) is 6. The Kier molecular flexibility index (Phi) is 12.5. The van der Waals surface area contributed by atoms with Gasteiger partial charge in [-0.1, -0.05) is 206 Å². The number of imidazole rings is 2. The molecule has 2 aliphatic heterocycles. The number of anilines is 6. The molecule has 0 saturated carbocycles. The first-order valence-electron chi connectivity index (χ1n) is 30.4. The van der Waals surface area contributed by atoms with Gasteiger partial charge in [0.1, 0.15) is 11.6 Å². The van der Waals surface area contributed by atoms with Gasteiger partial charge in [0.15, 0.2) is 23.0 Å². The van der Waals surface area contributed by atoms with E-state index in [1.165, 1.54) is 0 Å². The van der Waals surface area contributed by atoms with Gasteiger partial charge < -0.3 is 28.4 Å². The van der Waals surface area contributed by atoms with E-state index in [0.29, 0.717) is 0 Å². The first kappa shape index (κ1) is 52.3. The van der Waals surface area contributed by atoms with E-state index in [4.69, 9.17) is 19.4 Å². The summed E-state index contributed by atoms with van der Waals surface area (Å²) < 4.78 is 17.4. The molecule has 0 saturated heterocycles. The van der Waals surface area contributed by atoms with Crippen molar-refractivity contribution in [3.8, 4) is 113 Å². The average Bonchev–Trinajstić information content (AvgIpc) is 0.880. The van der Waals surface area contributed by atoms with Crippen molar-refractivity contribution in [1.29, 1.82) is 0 Å². The second-order valence-corrected chi connectivity index (χ2v) is 22.9. The Hall–Kier alpha value is -12.0. The Labute approximate surface area is 521 Å². The second kappa shape index (κ2) is 21.4. The van der Waals surface area contributed by atoms with Gasteiger partial charge in [0.25, 0.3) is 0 Å². The first-order chi connectivity index (χ1) is 44.5. The SMILES string of the molecule is Cn1c(-c2ccc(-c3c(-c4ccccc4)c(-c4ccc(N5c6ccccc6Oc6ccccc65)cc4)c(-c4ccc(N5c6ccccc6Oc6ccccc65)cc4)c(-c4ccccc4)c3-c3ccc(-c4nc5ccccc5n4C)cc3)cc2)nc2ccccc21. The highest BCUT2D eigenvalue weighted by molar-refractivity contribution is 6.15. The molecule has 426 valence electrons. The maximum absolute atomic E-state index is 6.53. The lowest BCUT2D eigenvalue weighted by molar-refractivity contribution is 0.477. The highest BCUT2D eigenvalue weighted by Gasteiger charge is 2.32. The van der Waals surface area contributed by atoms with Gasteiger partial charge >= 0.3 is 0 Å². The lowest BCUT2D eigenvalue weighted by atomic mass is 9.74. The van der Waals surface area contributed by atoms with E-state index < -0.39 is 0 Å². The monoisotopic (exact) mass is 1160 g/mol. The van der Waals surface area contributed by atoms with Crippen LogP contribution in [0.15, 0.2) is 303 Å². The Morgan fingerprint density at radius 3 is 0.789 bits per heavy atom. The average molecular weight is 1160 g/mol. The molecular weight excluding hydrogens is 1100 g/mol. The van der Waals surface area contributed by atoms with Crippen LogP contribution in [0.25, 0.3) is 112 Å². The molecule has 0 spiro atoms. The van der Waals surface area contributed by atoms with Crippen LogP contribution in [0.5, 0.6) is 23.0 Å². The summed E-state index contributed by atoms with van der Waals surface area (Å²) in [6.45, 7) is 0. The number of fused-ring (bicyclic) bond motifs is 6. The van der Waals surface area contributed by atoms with Gasteiger partial charge in [-0.25, -0.2) is 9.97 Å². The summed E-state index contributed by atoms with van der Waals surface area (Å²) in [5, 5.41) is 0. The van der Waals surface area contributed by atoms with Gasteiger partial charge in [0, 0.05) is 36.6 Å². The van der Waals surface area contributed by atoms with E-state index in [9.17, 15) is 0 Å². The van der Waals surface area contributed by atoms with Gasteiger partial charge in [-0.05, 0) is 164 Å². The molecule has 17 rings (SSSR count). The van der Waals surface area contributed by atoms with E-state index in [0.717, 1.165) is 169 Å². The summed E-state index contributed by atoms with van der Waals surface area (Å²) in [6, 6.07) is 108. The normalized spacial score (nSPS) is 12.2. The van der Waals surface area contributed by atoms with Crippen LogP contribution in [0.2, 0.25) is 0 Å². The fraction of sp³-hybridized carbons (Fsp3) is 0.0244. The van der Waals surface area contributed by atoms with E-state index in [1.807, 2.05) is 48.5 Å². The van der Waals surface area contributed by atoms with Gasteiger partial charge in [-0.2, -0.15) is 0 Å². The summed E-state index contributed by atoms with van der Waals surface area (Å²) in [6.07, 6.45) is 0. The fourth-order valence-corrected chi connectivity index (χ4v) is 13.6. The number of rotatable bonds is 10. The van der Waals surface area contributed by atoms with Crippen molar-refractivity contribution in [2.45, 2.75) is 0 Å². The maximum atomic E-state index is 6.53. The number of aryl methyl sites for hydroxylation is 2. The number of nitrogens with zero attached hydrogens (tertiary/aromatic N) is 6. The van der Waals surface area contributed by atoms with Crippen LogP contribution >= 0.6 is 0 Å². The molecule has 0 amide bonds. The predicted molar refractivity (Wildman–Crippen MR) is 368 cm³/mol. The van der Waals surface area contributed by atoms with Gasteiger partial charge in [0.2, 0.25) is 0 Å². The third kappa shape index (κ3) is 8.67. The maximum Gasteiger partial charge on any atom is 0.151 e. The fourth-order valence-electron chi connectivity index (χ4n) is 13.6. The number of benzene rings is 13. The molecule has 15 aromatic rings. The number of ether oxygens (including phenoxy) is 2. The zero-order valence-corrected chi connectivity index (χ0v) is 49.4. The summed E-state index contributed by atoms with van der Waals surface area (Å²) in [4.78, 5) is 15.0. The first-order valence-corrected chi connectivity index (χ1v) is 30.4. The lowest BCUT2D eigenvalue weighted by Crippen LogP contribution is -2.15. The van der Waals surface area contributed by atoms with Crippen molar-refractivity contribution < 1.29 is 9.47 Å². The molecule has 2 aliphatic rings. The van der Waals surface area contributed by atoms with Crippen LogP contribution in [0, 0.1) is 0 Å². The summed E-state index contributed by atoms with van der Waals surface area (Å²) in [5.41, 5.74) is 25.1. The Bertz CT molecular complexity index is 4830. The third-order valence-electron chi connectivity index (χ3n) is 17.8. The van der Waals surface area contributed by atoms with Crippen molar-refractivity contribution in [2.75, 3.05) is 9.80 Å². The number of hydrogen-bond donors (Lipinski definition) is 0. The molecule has 0 atom stereocenters. The molecule has 8 heteroatoms. The minimum absolute atomic E-state index is 0.803. The summed E-state index contributed by atoms with van der Waals surface area (Å²) in [7, 11) is 4.21. The molecule has 8 nitrogen and oxygen atoms in total. The lowest BCUT2D eigenvalue weighted by Gasteiger charge is -2.33. The summed E-state index contributed by atoms with van der Waals surface area (Å²) >= 11 is 0. The summed E-state index contributed by atoms with van der Waals surface area (Å²) in [5.74, 6) is 5.02. The molecule has 0 N–H and O–H groups in total. The molecule has 0 aliphatic carbocycles. The molecule has 4 heterocycles. The number of para-hydroxylation sites is 12. The van der Waals surface area contributed by atoms with Crippen LogP contribution in [-0.4, -0.2) is 19.1 Å². The largest absolute Gasteiger partial charge is 0.453 e. The van der Waals surface area contributed by atoms with Crippen molar-refractivity contribution in [1.82, 2.24) is 19.1 Å². The molecule has 2 aromatic heterocycles. The Morgan fingerprint density at radius 2 is 0.478 bits per heavy atom. The van der Waals surface area contributed by atoms with Crippen LogP contribution in [0.4, 0.5) is 34.1 Å². The van der Waals surface area contributed by atoms with E-state index in [1.54, 1.807) is 0 Å². The number of aromatic nitrogens is 4. The van der Waals surface area contributed by atoms with Crippen LogP contribution in [-0.2, 0) is 14.1 Å².